The van der Waals surface area contributed by atoms with E-state index >= 15 is 0 Å². The standard InChI is InChI=1S/C23H17FN2O3/c1-14-6-5-9-18(25-14)26-20(15-10-12-17(24)13-11-15)19(22(28)23(26)29)21(27)16-7-3-2-4-8-16/h2-13,20,27H,1H3/b21-19+. The van der Waals surface area contributed by atoms with E-state index in [0.717, 1.165) is 0 Å². The molecule has 0 bridgehead atoms. The number of benzene rings is 2. The van der Waals surface area contributed by atoms with Gasteiger partial charge in [-0.2, -0.15) is 0 Å². The van der Waals surface area contributed by atoms with Crippen LogP contribution in [0, 0.1) is 12.7 Å². The highest BCUT2D eigenvalue weighted by atomic mass is 19.1. The van der Waals surface area contributed by atoms with Crippen molar-refractivity contribution >= 4 is 23.3 Å². The molecule has 4 rings (SSSR count). The van der Waals surface area contributed by atoms with Crippen molar-refractivity contribution in [2.45, 2.75) is 13.0 Å². The topological polar surface area (TPSA) is 70.5 Å². The fraction of sp³-hybridized carbons (Fsp3) is 0.0870. The Morgan fingerprint density at radius 3 is 2.31 bits per heavy atom. The summed E-state index contributed by atoms with van der Waals surface area (Å²) >= 11 is 0. The van der Waals surface area contributed by atoms with Crippen LogP contribution in [0.1, 0.15) is 22.9 Å². The molecule has 1 saturated heterocycles. The zero-order valence-corrected chi connectivity index (χ0v) is 15.5. The number of pyridine rings is 1. The minimum Gasteiger partial charge on any atom is -0.507 e. The molecule has 1 aliphatic rings. The maximum Gasteiger partial charge on any atom is 0.301 e. The Morgan fingerprint density at radius 2 is 1.66 bits per heavy atom. The second kappa shape index (κ2) is 7.31. The molecule has 2 heterocycles. The molecule has 1 atom stereocenters. The predicted octanol–water partition coefficient (Wildman–Crippen LogP) is 4.16. The number of amides is 1. The van der Waals surface area contributed by atoms with Crippen LogP contribution in [0.4, 0.5) is 10.2 Å². The third kappa shape index (κ3) is 3.29. The Kier molecular flexibility index (Phi) is 4.68. The van der Waals surface area contributed by atoms with E-state index in [4.69, 9.17) is 0 Å². The van der Waals surface area contributed by atoms with Crippen LogP contribution in [0.5, 0.6) is 0 Å². The lowest BCUT2D eigenvalue weighted by Crippen LogP contribution is -2.30. The number of anilines is 1. The van der Waals surface area contributed by atoms with Crippen LogP contribution < -0.4 is 4.90 Å². The normalized spacial score (nSPS) is 18.3. The third-order valence-electron chi connectivity index (χ3n) is 4.80. The van der Waals surface area contributed by atoms with Gasteiger partial charge in [-0.15, -0.1) is 0 Å². The van der Waals surface area contributed by atoms with Crippen molar-refractivity contribution in [3.05, 3.63) is 101 Å². The molecule has 29 heavy (non-hydrogen) atoms. The number of aliphatic hydroxyl groups is 1. The van der Waals surface area contributed by atoms with E-state index in [9.17, 15) is 19.1 Å². The number of rotatable bonds is 3. The molecule has 0 radical (unpaired) electrons. The number of Topliss-reactive ketones (excluding diaryl/α,β-unsaturated/α-hetero) is 1. The fourth-order valence-electron chi connectivity index (χ4n) is 3.44. The first-order valence-corrected chi connectivity index (χ1v) is 9.03. The molecule has 144 valence electrons. The van der Waals surface area contributed by atoms with Crippen LogP contribution >= 0.6 is 0 Å². The average molecular weight is 388 g/mol. The summed E-state index contributed by atoms with van der Waals surface area (Å²) in [6, 6.07) is 18.2. The Morgan fingerprint density at radius 1 is 0.966 bits per heavy atom. The number of aryl methyl sites for hydroxylation is 1. The number of ketones is 1. The zero-order chi connectivity index (χ0) is 20.5. The number of hydrogen-bond donors (Lipinski definition) is 1. The quantitative estimate of drug-likeness (QED) is 0.416. The van der Waals surface area contributed by atoms with Crippen LogP contribution in [-0.4, -0.2) is 21.8 Å². The van der Waals surface area contributed by atoms with E-state index < -0.39 is 23.5 Å². The number of carbonyl (C=O) groups is 2. The van der Waals surface area contributed by atoms with Gasteiger partial charge in [0, 0.05) is 11.3 Å². The number of carbonyl (C=O) groups excluding carboxylic acids is 2. The monoisotopic (exact) mass is 388 g/mol. The van der Waals surface area contributed by atoms with Gasteiger partial charge in [0.1, 0.15) is 17.4 Å². The summed E-state index contributed by atoms with van der Waals surface area (Å²) in [6.45, 7) is 1.77. The van der Waals surface area contributed by atoms with Gasteiger partial charge in [0.05, 0.1) is 11.6 Å². The van der Waals surface area contributed by atoms with Crippen molar-refractivity contribution < 1.29 is 19.1 Å². The minimum absolute atomic E-state index is 0.0592. The highest BCUT2D eigenvalue weighted by Gasteiger charge is 2.47. The van der Waals surface area contributed by atoms with Gasteiger partial charge in [-0.3, -0.25) is 14.5 Å². The van der Waals surface area contributed by atoms with Crippen molar-refractivity contribution in [1.82, 2.24) is 4.98 Å². The average Bonchev–Trinajstić information content (AvgIpc) is 2.99. The molecule has 0 spiro atoms. The summed E-state index contributed by atoms with van der Waals surface area (Å²) in [5, 5.41) is 10.9. The first-order valence-electron chi connectivity index (χ1n) is 9.03. The molecular formula is C23H17FN2O3. The summed E-state index contributed by atoms with van der Waals surface area (Å²) in [7, 11) is 0. The van der Waals surface area contributed by atoms with Gasteiger partial charge in [-0.05, 0) is 36.8 Å². The molecule has 6 heteroatoms. The lowest BCUT2D eigenvalue weighted by molar-refractivity contribution is -0.132. The van der Waals surface area contributed by atoms with E-state index in [0.29, 0.717) is 16.8 Å². The smallest absolute Gasteiger partial charge is 0.301 e. The Bertz CT molecular complexity index is 1120. The second-order valence-electron chi connectivity index (χ2n) is 6.72. The van der Waals surface area contributed by atoms with Crippen molar-refractivity contribution in [2.75, 3.05) is 4.90 Å². The van der Waals surface area contributed by atoms with E-state index in [1.807, 2.05) is 0 Å². The van der Waals surface area contributed by atoms with E-state index in [1.165, 1.54) is 29.2 Å². The molecule has 0 saturated carbocycles. The largest absolute Gasteiger partial charge is 0.507 e. The van der Waals surface area contributed by atoms with Crippen LogP contribution in [0.3, 0.4) is 0 Å². The minimum atomic E-state index is -0.926. The van der Waals surface area contributed by atoms with Gasteiger partial charge in [-0.25, -0.2) is 9.37 Å². The zero-order valence-electron chi connectivity index (χ0n) is 15.5. The van der Waals surface area contributed by atoms with Gasteiger partial charge in [0.2, 0.25) is 0 Å². The number of hydrogen-bond acceptors (Lipinski definition) is 4. The first-order chi connectivity index (χ1) is 14.0. The number of nitrogens with zero attached hydrogens (tertiary/aromatic N) is 2. The molecule has 0 aliphatic carbocycles. The summed E-state index contributed by atoms with van der Waals surface area (Å²) in [6.07, 6.45) is 0. The Labute approximate surface area is 166 Å². The van der Waals surface area contributed by atoms with E-state index in [-0.39, 0.29) is 17.2 Å². The van der Waals surface area contributed by atoms with Gasteiger partial charge < -0.3 is 5.11 Å². The van der Waals surface area contributed by atoms with Gasteiger partial charge in [-0.1, -0.05) is 48.5 Å². The van der Waals surface area contributed by atoms with Gasteiger partial charge in [0.15, 0.2) is 0 Å². The van der Waals surface area contributed by atoms with Crippen molar-refractivity contribution in [3.8, 4) is 0 Å². The van der Waals surface area contributed by atoms with E-state index in [1.54, 1.807) is 55.5 Å². The highest BCUT2D eigenvalue weighted by molar-refractivity contribution is 6.51. The SMILES string of the molecule is Cc1cccc(N2C(=O)C(=O)/C(=C(/O)c3ccccc3)C2c2ccc(F)cc2)n1. The molecular weight excluding hydrogens is 371 g/mol. The Balaban J connectivity index is 1.96. The number of aromatic nitrogens is 1. The van der Waals surface area contributed by atoms with Crippen molar-refractivity contribution in [2.24, 2.45) is 0 Å². The van der Waals surface area contributed by atoms with Gasteiger partial charge in [0.25, 0.3) is 5.78 Å². The Hall–Kier alpha value is -3.80. The molecule has 1 aliphatic heterocycles. The number of aliphatic hydroxyl groups excluding tert-OH is 1. The van der Waals surface area contributed by atoms with Crippen molar-refractivity contribution in [1.29, 1.82) is 0 Å². The predicted molar refractivity (Wildman–Crippen MR) is 107 cm³/mol. The van der Waals surface area contributed by atoms with Crippen LogP contribution in [-0.2, 0) is 9.59 Å². The summed E-state index contributed by atoms with van der Waals surface area (Å²) in [5.41, 5.74) is 1.52. The summed E-state index contributed by atoms with van der Waals surface area (Å²) in [4.78, 5) is 31.5. The molecule has 1 unspecified atom stereocenters. The molecule has 2 aromatic carbocycles. The lowest BCUT2D eigenvalue weighted by Gasteiger charge is -2.24. The molecule has 5 nitrogen and oxygen atoms in total. The van der Waals surface area contributed by atoms with Crippen molar-refractivity contribution in [3.63, 3.8) is 0 Å². The molecule has 1 aromatic heterocycles. The first kappa shape index (κ1) is 18.6. The summed E-state index contributed by atoms with van der Waals surface area (Å²) in [5.74, 6) is -2.05. The molecule has 3 aromatic rings. The number of halogens is 1. The highest BCUT2D eigenvalue weighted by Crippen LogP contribution is 2.41. The van der Waals surface area contributed by atoms with Crippen LogP contribution in [0.25, 0.3) is 5.76 Å². The lowest BCUT2D eigenvalue weighted by atomic mass is 9.95. The van der Waals surface area contributed by atoms with E-state index in [2.05, 4.69) is 4.98 Å². The third-order valence-corrected chi connectivity index (χ3v) is 4.80. The maximum atomic E-state index is 13.5. The molecule has 1 amide bonds. The fourth-order valence-corrected chi connectivity index (χ4v) is 3.44. The second-order valence-corrected chi connectivity index (χ2v) is 6.72. The molecule has 1 N–H and O–H groups in total. The van der Waals surface area contributed by atoms with Crippen LogP contribution in [0.2, 0.25) is 0 Å². The van der Waals surface area contributed by atoms with Gasteiger partial charge >= 0.3 is 5.91 Å². The van der Waals surface area contributed by atoms with Crippen LogP contribution in [0.15, 0.2) is 78.4 Å². The summed E-state index contributed by atoms with van der Waals surface area (Å²) < 4.78 is 13.5. The molecule has 1 fully saturated rings. The maximum absolute atomic E-state index is 13.5.